The third-order valence-electron chi connectivity index (χ3n) is 2.48. The Morgan fingerprint density at radius 2 is 1.78 bits per heavy atom. The topological polar surface area (TPSA) is 9.23 Å². The molecule has 1 nitrogen and oxygen atoms in total. The van der Waals surface area contributed by atoms with E-state index in [2.05, 4.69) is 0 Å². The number of hydrogen-bond donors (Lipinski definition) is 0. The fourth-order valence-corrected chi connectivity index (χ4v) is 1.73. The summed E-state index contributed by atoms with van der Waals surface area (Å²) in [5.41, 5.74) is 1.17. The molecule has 0 heterocycles. The summed E-state index contributed by atoms with van der Waals surface area (Å²) in [5, 5.41) is 0.416. The van der Waals surface area contributed by atoms with Gasteiger partial charge in [0.05, 0.1) is 0 Å². The molecule has 0 amide bonds. The van der Waals surface area contributed by atoms with Crippen molar-refractivity contribution in [2.45, 2.75) is 13.5 Å². The predicted octanol–water partition coefficient (Wildman–Crippen LogP) is 4.51. The number of ether oxygens (including phenoxy) is 1. The first-order valence-electron chi connectivity index (χ1n) is 5.39. The van der Waals surface area contributed by atoms with Crippen LogP contribution in [0.25, 0.3) is 0 Å². The highest BCUT2D eigenvalue weighted by Gasteiger charge is 2.07. The predicted molar refractivity (Wildman–Crippen MR) is 66.9 cm³/mol. The molecule has 0 N–H and O–H groups in total. The number of hydrogen-bond acceptors (Lipinski definition) is 1. The molecule has 0 aliphatic rings. The van der Waals surface area contributed by atoms with Crippen molar-refractivity contribution in [2.24, 2.45) is 0 Å². The Bertz CT molecular complexity index is 518. The molecule has 2 aromatic rings. The molecule has 0 unspecified atom stereocenters. The van der Waals surface area contributed by atoms with E-state index in [4.69, 9.17) is 16.3 Å². The van der Waals surface area contributed by atoms with Crippen molar-refractivity contribution in [1.82, 2.24) is 0 Å². The van der Waals surface area contributed by atoms with E-state index in [-0.39, 0.29) is 12.4 Å². The molecule has 2 aromatic carbocycles. The van der Waals surface area contributed by atoms with Crippen LogP contribution in [-0.2, 0) is 6.61 Å². The van der Waals surface area contributed by atoms with Crippen LogP contribution >= 0.6 is 11.6 Å². The van der Waals surface area contributed by atoms with E-state index >= 15 is 0 Å². The number of rotatable bonds is 3. The van der Waals surface area contributed by atoms with Crippen LogP contribution in [0.15, 0.2) is 36.4 Å². The van der Waals surface area contributed by atoms with Gasteiger partial charge in [-0.05, 0) is 42.8 Å². The molecule has 0 bridgehead atoms. The lowest BCUT2D eigenvalue weighted by atomic mass is 10.2. The average Bonchev–Trinajstić information content (AvgIpc) is 2.34. The first kappa shape index (κ1) is 12.8. The summed E-state index contributed by atoms with van der Waals surface area (Å²) in [6, 6.07) is 8.70. The number of aryl methyl sites for hydroxylation is 1. The van der Waals surface area contributed by atoms with Crippen molar-refractivity contribution in [3.8, 4) is 5.75 Å². The lowest BCUT2D eigenvalue weighted by molar-refractivity contribution is 0.284. The minimum Gasteiger partial charge on any atom is -0.486 e. The maximum absolute atomic E-state index is 13.4. The van der Waals surface area contributed by atoms with E-state index in [0.717, 1.165) is 5.56 Å². The second-order valence-corrected chi connectivity index (χ2v) is 4.39. The second kappa shape index (κ2) is 5.36. The quantitative estimate of drug-likeness (QED) is 0.796. The molecule has 94 valence electrons. The van der Waals surface area contributed by atoms with Gasteiger partial charge < -0.3 is 4.74 Å². The summed E-state index contributed by atoms with van der Waals surface area (Å²) in [7, 11) is 0. The SMILES string of the molecule is Cc1ccc(F)c(OCc2cc(Cl)ccc2F)c1. The Balaban J connectivity index is 2.16. The molecular weight excluding hydrogens is 258 g/mol. The van der Waals surface area contributed by atoms with Gasteiger partial charge in [0.15, 0.2) is 11.6 Å². The first-order chi connectivity index (χ1) is 8.56. The maximum atomic E-state index is 13.4. The largest absolute Gasteiger partial charge is 0.486 e. The van der Waals surface area contributed by atoms with Gasteiger partial charge in [0, 0.05) is 10.6 Å². The van der Waals surface area contributed by atoms with Crippen molar-refractivity contribution in [3.05, 3.63) is 64.2 Å². The lowest BCUT2D eigenvalue weighted by Gasteiger charge is -2.09. The number of benzene rings is 2. The lowest BCUT2D eigenvalue weighted by Crippen LogP contribution is -2.00. The van der Waals surface area contributed by atoms with Gasteiger partial charge in [-0.1, -0.05) is 17.7 Å². The molecule has 2 rings (SSSR count). The summed E-state index contributed by atoms with van der Waals surface area (Å²) < 4.78 is 32.1. The Morgan fingerprint density at radius 3 is 2.56 bits per heavy atom. The highest BCUT2D eigenvalue weighted by Crippen LogP contribution is 2.21. The molecule has 0 saturated heterocycles. The van der Waals surface area contributed by atoms with Crippen LogP contribution in [-0.4, -0.2) is 0 Å². The zero-order chi connectivity index (χ0) is 13.1. The van der Waals surface area contributed by atoms with Crippen molar-refractivity contribution in [1.29, 1.82) is 0 Å². The maximum Gasteiger partial charge on any atom is 0.165 e. The second-order valence-electron chi connectivity index (χ2n) is 3.96. The summed E-state index contributed by atoms with van der Waals surface area (Å²) in [6.45, 7) is 1.76. The van der Waals surface area contributed by atoms with Crippen LogP contribution in [0.4, 0.5) is 8.78 Å². The zero-order valence-corrected chi connectivity index (χ0v) is 10.5. The van der Waals surface area contributed by atoms with E-state index in [1.54, 1.807) is 12.1 Å². The van der Waals surface area contributed by atoms with Gasteiger partial charge in [-0.25, -0.2) is 8.78 Å². The molecule has 0 saturated carbocycles. The summed E-state index contributed by atoms with van der Waals surface area (Å²) in [5.74, 6) is -0.787. The van der Waals surface area contributed by atoms with Crippen LogP contribution in [0.1, 0.15) is 11.1 Å². The highest BCUT2D eigenvalue weighted by atomic mass is 35.5. The van der Waals surface area contributed by atoms with E-state index in [0.29, 0.717) is 10.6 Å². The van der Waals surface area contributed by atoms with Crippen molar-refractivity contribution >= 4 is 11.6 Å². The fourth-order valence-electron chi connectivity index (χ4n) is 1.53. The van der Waals surface area contributed by atoms with Gasteiger partial charge in [-0.2, -0.15) is 0 Å². The van der Waals surface area contributed by atoms with Crippen LogP contribution in [0.3, 0.4) is 0 Å². The fraction of sp³-hybridized carbons (Fsp3) is 0.143. The van der Waals surface area contributed by atoms with E-state index in [9.17, 15) is 8.78 Å². The first-order valence-corrected chi connectivity index (χ1v) is 5.77. The van der Waals surface area contributed by atoms with Crippen molar-refractivity contribution < 1.29 is 13.5 Å². The smallest absolute Gasteiger partial charge is 0.165 e. The molecule has 4 heteroatoms. The molecule has 18 heavy (non-hydrogen) atoms. The van der Waals surface area contributed by atoms with E-state index < -0.39 is 11.6 Å². The minimum atomic E-state index is -0.469. The van der Waals surface area contributed by atoms with Crippen LogP contribution in [0.5, 0.6) is 5.75 Å². The van der Waals surface area contributed by atoms with Gasteiger partial charge in [0.2, 0.25) is 0 Å². The van der Waals surface area contributed by atoms with E-state index in [1.165, 1.54) is 24.3 Å². The molecule has 0 radical (unpaired) electrons. The minimum absolute atomic E-state index is 0.0627. The Kier molecular flexibility index (Phi) is 3.82. The molecule has 0 atom stereocenters. The molecule has 0 fully saturated rings. The Hall–Kier alpha value is -1.61. The van der Waals surface area contributed by atoms with Gasteiger partial charge >= 0.3 is 0 Å². The molecule has 0 aliphatic heterocycles. The Morgan fingerprint density at radius 1 is 1.06 bits per heavy atom. The van der Waals surface area contributed by atoms with Gasteiger partial charge in [-0.15, -0.1) is 0 Å². The van der Waals surface area contributed by atoms with Gasteiger partial charge in [0.1, 0.15) is 12.4 Å². The zero-order valence-electron chi connectivity index (χ0n) is 9.71. The monoisotopic (exact) mass is 268 g/mol. The van der Waals surface area contributed by atoms with Crippen LogP contribution in [0.2, 0.25) is 5.02 Å². The third kappa shape index (κ3) is 2.99. The number of halogens is 3. The summed E-state index contributed by atoms with van der Waals surface area (Å²) >= 11 is 5.76. The van der Waals surface area contributed by atoms with Crippen LogP contribution in [0, 0.1) is 18.6 Å². The van der Waals surface area contributed by atoms with Crippen molar-refractivity contribution in [2.75, 3.05) is 0 Å². The van der Waals surface area contributed by atoms with Gasteiger partial charge in [0.25, 0.3) is 0 Å². The van der Waals surface area contributed by atoms with Crippen LogP contribution < -0.4 is 4.74 Å². The highest BCUT2D eigenvalue weighted by molar-refractivity contribution is 6.30. The average molecular weight is 269 g/mol. The molecule has 0 spiro atoms. The third-order valence-corrected chi connectivity index (χ3v) is 2.71. The molecule has 0 aliphatic carbocycles. The summed E-state index contributed by atoms with van der Waals surface area (Å²) in [6.07, 6.45) is 0. The molecule has 0 aromatic heterocycles. The van der Waals surface area contributed by atoms with Gasteiger partial charge in [-0.3, -0.25) is 0 Å². The van der Waals surface area contributed by atoms with E-state index in [1.807, 2.05) is 6.92 Å². The standard InChI is InChI=1S/C14H11ClF2O/c1-9-2-4-13(17)14(6-9)18-8-10-7-11(15)3-5-12(10)16/h2-7H,8H2,1H3. The normalized spacial score (nSPS) is 10.4. The molecular formula is C14H11ClF2O. The Labute approximate surface area is 109 Å². The summed E-state index contributed by atoms with van der Waals surface area (Å²) in [4.78, 5) is 0. The van der Waals surface area contributed by atoms with Crippen molar-refractivity contribution in [3.63, 3.8) is 0 Å².